The van der Waals surface area contributed by atoms with Gasteiger partial charge in [0.2, 0.25) is 0 Å². The second-order valence-corrected chi connectivity index (χ2v) is 4.72. The molecular formula is C13H22N4O3. The molecule has 0 aromatic carbocycles. The van der Waals surface area contributed by atoms with Crippen LogP contribution in [0.3, 0.4) is 0 Å². The number of nitrogen functional groups attached to an aromatic ring is 1. The molecule has 0 radical (unpaired) electrons. The molecule has 0 atom stereocenters. The Morgan fingerprint density at radius 2 is 2.15 bits per heavy atom. The molecule has 112 valence electrons. The van der Waals surface area contributed by atoms with Crippen molar-refractivity contribution in [2.24, 2.45) is 0 Å². The topological polar surface area (TPSA) is 110 Å². The zero-order valence-corrected chi connectivity index (χ0v) is 12.2. The first-order valence-electron chi connectivity index (χ1n) is 6.74. The van der Waals surface area contributed by atoms with Crippen LogP contribution >= 0.6 is 0 Å². The molecule has 7 heteroatoms. The number of nitrogens with two attached hydrogens (primary N) is 1. The van der Waals surface area contributed by atoms with Gasteiger partial charge in [-0.3, -0.25) is 14.7 Å². The van der Waals surface area contributed by atoms with Crippen molar-refractivity contribution in [3.8, 4) is 0 Å². The molecule has 0 aliphatic heterocycles. The summed E-state index contributed by atoms with van der Waals surface area (Å²) in [6.07, 6.45) is 0.799. The Balaban J connectivity index is 2.42. The van der Waals surface area contributed by atoms with Crippen molar-refractivity contribution in [2.45, 2.75) is 39.5 Å². The van der Waals surface area contributed by atoms with Gasteiger partial charge in [0.15, 0.2) is 5.69 Å². The number of aromatic nitrogens is 2. The normalized spacial score (nSPS) is 10.6. The number of carbonyl (C=O) groups is 2. The Morgan fingerprint density at radius 3 is 2.70 bits per heavy atom. The molecule has 20 heavy (non-hydrogen) atoms. The van der Waals surface area contributed by atoms with Crippen LogP contribution in [0.15, 0.2) is 0 Å². The van der Waals surface area contributed by atoms with Crippen LogP contribution in [-0.2, 0) is 9.53 Å². The van der Waals surface area contributed by atoms with Gasteiger partial charge in [0.25, 0.3) is 5.91 Å². The summed E-state index contributed by atoms with van der Waals surface area (Å²) in [5.41, 5.74) is 7.20. The summed E-state index contributed by atoms with van der Waals surface area (Å²) in [6, 6.07) is 0. The summed E-state index contributed by atoms with van der Waals surface area (Å²) < 4.78 is 4.79. The number of rotatable bonds is 7. The van der Waals surface area contributed by atoms with Crippen molar-refractivity contribution in [1.29, 1.82) is 0 Å². The lowest BCUT2D eigenvalue weighted by molar-refractivity contribution is -0.143. The second kappa shape index (κ2) is 7.52. The Hall–Kier alpha value is -2.05. The zero-order chi connectivity index (χ0) is 15.1. The second-order valence-electron chi connectivity index (χ2n) is 4.72. The van der Waals surface area contributed by atoms with Crippen LogP contribution in [0.2, 0.25) is 0 Å². The first kappa shape index (κ1) is 16.0. The van der Waals surface area contributed by atoms with Gasteiger partial charge in [-0.1, -0.05) is 13.8 Å². The Kier molecular flexibility index (Phi) is 6.02. The lowest BCUT2D eigenvalue weighted by Gasteiger charge is -2.05. The van der Waals surface area contributed by atoms with E-state index in [0.717, 1.165) is 5.69 Å². The average molecular weight is 282 g/mol. The third-order valence-corrected chi connectivity index (χ3v) is 2.77. The number of carbonyl (C=O) groups excluding carboxylic acids is 2. The average Bonchev–Trinajstić information content (AvgIpc) is 2.77. The molecule has 0 unspecified atom stereocenters. The molecule has 0 aliphatic carbocycles. The first-order valence-corrected chi connectivity index (χ1v) is 6.74. The predicted octanol–water partition coefficient (Wildman–Crippen LogP) is 1.19. The molecule has 4 N–H and O–H groups in total. The van der Waals surface area contributed by atoms with Crippen LogP contribution in [0.4, 0.5) is 5.69 Å². The smallest absolute Gasteiger partial charge is 0.305 e. The molecule has 1 aromatic rings. The molecular weight excluding hydrogens is 260 g/mol. The van der Waals surface area contributed by atoms with Gasteiger partial charge in [-0.05, 0) is 19.3 Å². The van der Waals surface area contributed by atoms with Crippen molar-refractivity contribution in [2.75, 3.05) is 18.9 Å². The molecule has 0 fully saturated rings. The predicted molar refractivity (Wildman–Crippen MR) is 75.3 cm³/mol. The number of esters is 1. The molecule has 1 aromatic heterocycles. The maximum Gasteiger partial charge on any atom is 0.305 e. The SMILES string of the molecule is CCOC(=O)CCCNC(=O)c1n[nH]c(C(C)C)c1N. The summed E-state index contributed by atoms with van der Waals surface area (Å²) in [4.78, 5) is 23.0. The molecule has 1 heterocycles. The quantitative estimate of drug-likeness (QED) is 0.514. The number of hydrogen-bond donors (Lipinski definition) is 3. The van der Waals surface area contributed by atoms with E-state index < -0.39 is 0 Å². The highest BCUT2D eigenvalue weighted by Gasteiger charge is 2.18. The maximum absolute atomic E-state index is 11.9. The van der Waals surface area contributed by atoms with E-state index in [2.05, 4.69) is 15.5 Å². The van der Waals surface area contributed by atoms with Crippen LogP contribution < -0.4 is 11.1 Å². The highest BCUT2D eigenvalue weighted by Crippen LogP contribution is 2.21. The minimum atomic E-state index is -0.338. The van der Waals surface area contributed by atoms with Crippen molar-refractivity contribution >= 4 is 17.6 Å². The standard InChI is InChI=1S/C13H22N4O3/c1-4-20-9(18)6-5-7-15-13(19)12-10(14)11(8(2)3)16-17-12/h8H,4-7,14H2,1-3H3,(H,15,19)(H,16,17). The zero-order valence-electron chi connectivity index (χ0n) is 12.2. The summed E-state index contributed by atoms with van der Waals surface area (Å²) in [5.74, 6) is -0.425. The van der Waals surface area contributed by atoms with Gasteiger partial charge < -0.3 is 15.8 Å². The summed E-state index contributed by atoms with van der Waals surface area (Å²) in [7, 11) is 0. The van der Waals surface area contributed by atoms with Gasteiger partial charge in [0.05, 0.1) is 18.0 Å². The van der Waals surface area contributed by atoms with Crippen molar-refractivity contribution in [3.63, 3.8) is 0 Å². The molecule has 1 rings (SSSR count). The molecule has 0 aliphatic rings. The van der Waals surface area contributed by atoms with E-state index in [9.17, 15) is 9.59 Å². The number of amides is 1. The fraction of sp³-hybridized carbons (Fsp3) is 0.615. The fourth-order valence-electron chi connectivity index (χ4n) is 1.73. The Bertz CT molecular complexity index is 468. The van der Waals surface area contributed by atoms with Crippen LogP contribution in [0, 0.1) is 0 Å². The lowest BCUT2D eigenvalue weighted by atomic mass is 10.1. The van der Waals surface area contributed by atoms with Crippen molar-refractivity contribution in [3.05, 3.63) is 11.4 Å². The third-order valence-electron chi connectivity index (χ3n) is 2.77. The van der Waals surface area contributed by atoms with Gasteiger partial charge in [-0.25, -0.2) is 0 Å². The molecule has 7 nitrogen and oxygen atoms in total. The number of hydrogen-bond acceptors (Lipinski definition) is 5. The Labute approximate surface area is 118 Å². The number of ether oxygens (including phenoxy) is 1. The number of H-pyrrole nitrogens is 1. The van der Waals surface area contributed by atoms with Crippen LogP contribution in [0.5, 0.6) is 0 Å². The molecule has 0 spiro atoms. The van der Waals surface area contributed by atoms with Gasteiger partial charge >= 0.3 is 5.97 Å². The van der Waals surface area contributed by atoms with Gasteiger partial charge in [-0.2, -0.15) is 5.10 Å². The first-order chi connectivity index (χ1) is 9.47. The molecule has 0 saturated carbocycles. The monoisotopic (exact) mass is 282 g/mol. The van der Waals surface area contributed by atoms with Crippen molar-refractivity contribution < 1.29 is 14.3 Å². The van der Waals surface area contributed by atoms with E-state index in [-0.39, 0.29) is 29.9 Å². The fourth-order valence-corrected chi connectivity index (χ4v) is 1.73. The highest BCUT2D eigenvalue weighted by molar-refractivity contribution is 5.97. The number of aromatic amines is 1. The van der Waals surface area contributed by atoms with E-state index >= 15 is 0 Å². The maximum atomic E-state index is 11.9. The van der Waals surface area contributed by atoms with Crippen LogP contribution in [-0.4, -0.2) is 35.2 Å². The number of nitrogens with one attached hydrogen (secondary N) is 2. The van der Waals surface area contributed by atoms with E-state index in [1.807, 2.05) is 13.8 Å². The Morgan fingerprint density at radius 1 is 1.45 bits per heavy atom. The van der Waals surface area contributed by atoms with Gasteiger partial charge in [-0.15, -0.1) is 0 Å². The highest BCUT2D eigenvalue weighted by atomic mass is 16.5. The van der Waals surface area contributed by atoms with Crippen LogP contribution in [0.25, 0.3) is 0 Å². The largest absolute Gasteiger partial charge is 0.466 e. The molecule has 1 amide bonds. The van der Waals surface area contributed by atoms with E-state index in [1.165, 1.54) is 0 Å². The van der Waals surface area contributed by atoms with E-state index in [1.54, 1.807) is 6.92 Å². The number of anilines is 1. The summed E-state index contributed by atoms with van der Waals surface area (Å²) >= 11 is 0. The van der Waals surface area contributed by atoms with E-state index in [4.69, 9.17) is 10.5 Å². The summed E-state index contributed by atoms with van der Waals surface area (Å²) in [5, 5.41) is 9.38. The van der Waals surface area contributed by atoms with E-state index in [0.29, 0.717) is 25.3 Å². The number of nitrogens with zero attached hydrogens (tertiary/aromatic N) is 1. The summed E-state index contributed by atoms with van der Waals surface area (Å²) in [6.45, 7) is 6.43. The molecule has 0 saturated heterocycles. The third kappa shape index (κ3) is 4.25. The minimum absolute atomic E-state index is 0.174. The minimum Gasteiger partial charge on any atom is -0.466 e. The molecule has 0 bridgehead atoms. The van der Waals surface area contributed by atoms with Gasteiger partial charge in [0, 0.05) is 13.0 Å². The lowest BCUT2D eigenvalue weighted by Crippen LogP contribution is -2.26. The van der Waals surface area contributed by atoms with Crippen molar-refractivity contribution in [1.82, 2.24) is 15.5 Å². The van der Waals surface area contributed by atoms with Crippen LogP contribution in [0.1, 0.15) is 55.7 Å². The van der Waals surface area contributed by atoms with Gasteiger partial charge in [0.1, 0.15) is 0 Å².